The second-order valence-corrected chi connectivity index (χ2v) is 5.77. The molecule has 0 N–H and O–H groups in total. The van der Waals surface area contributed by atoms with Gasteiger partial charge in [-0.05, 0) is 26.0 Å². The van der Waals surface area contributed by atoms with Crippen LogP contribution < -0.4 is 4.74 Å². The maximum atomic E-state index is 12.3. The lowest BCUT2D eigenvalue weighted by atomic mass is 10.3. The molecule has 0 aliphatic heterocycles. The molecule has 0 unspecified atom stereocenters. The van der Waals surface area contributed by atoms with Crippen LogP contribution in [0.5, 0.6) is 5.75 Å². The fourth-order valence-corrected chi connectivity index (χ4v) is 2.35. The summed E-state index contributed by atoms with van der Waals surface area (Å²) in [6.45, 7) is 8.06. The van der Waals surface area contributed by atoms with E-state index in [1.54, 1.807) is 11.1 Å². The van der Waals surface area contributed by atoms with Crippen molar-refractivity contribution < 1.29 is 19.1 Å². The summed E-state index contributed by atoms with van der Waals surface area (Å²) in [6, 6.07) is 9.31. The fourth-order valence-electron chi connectivity index (χ4n) is 2.35. The monoisotopic (exact) mass is 357 g/mol. The summed E-state index contributed by atoms with van der Waals surface area (Å²) >= 11 is 0. The Kier molecular flexibility index (Phi) is 6.54. The molecule has 1 heterocycles. The Balaban J connectivity index is 2.08. The number of carbonyl (C=O) groups is 2. The highest BCUT2D eigenvalue weighted by Crippen LogP contribution is 2.20. The molecule has 0 radical (unpaired) electrons. The lowest BCUT2D eigenvalue weighted by Gasteiger charge is -2.20. The second kappa shape index (κ2) is 8.84. The van der Waals surface area contributed by atoms with Gasteiger partial charge in [-0.25, -0.2) is 9.48 Å². The van der Waals surface area contributed by atoms with E-state index in [4.69, 9.17) is 9.47 Å². The number of nitrogens with zero attached hydrogens (tertiary/aromatic N) is 3. The van der Waals surface area contributed by atoms with Gasteiger partial charge in [-0.1, -0.05) is 30.4 Å². The van der Waals surface area contributed by atoms with Crippen molar-refractivity contribution in [3.63, 3.8) is 0 Å². The number of aromatic nitrogens is 2. The predicted octanol–water partition coefficient (Wildman–Crippen LogP) is 2.46. The quantitative estimate of drug-likeness (QED) is 0.536. The van der Waals surface area contributed by atoms with Gasteiger partial charge in [0.15, 0.2) is 12.4 Å². The van der Waals surface area contributed by atoms with Crippen LogP contribution in [0.4, 0.5) is 0 Å². The van der Waals surface area contributed by atoms with Gasteiger partial charge in [0.25, 0.3) is 5.91 Å². The van der Waals surface area contributed by atoms with Crippen molar-refractivity contribution in [3.05, 3.63) is 54.4 Å². The minimum atomic E-state index is -0.712. The highest BCUT2D eigenvalue weighted by atomic mass is 16.5. The maximum Gasteiger partial charge on any atom is 0.363 e. The summed E-state index contributed by atoms with van der Waals surface area (Å²) in [5, 5.41) is 4.22. The molecule has 1 aromatic carbocycles. The first-order valence-electron chi connectivity index (χ1n) is 8.24. The number of hydrogen-bond acceptors (Lipinski definition) is 5. The van der Waals surface area contributed by atoms with Crippen molar-refractivity contribution in [2.24, 2.45) is 0 Å². The molecule has 138 valence electrons. The van der Waals surface area contributed by atoms with Crippen LogP contribution in [0.15, 0.2) is 48.7 Å². The maximum absolute atomic E-state index is 12.3. The first kappa shape index (κ1) is 19.2. The topological polar surface area (TPSA) is 73.7 Å². The molecule has 1 amide bonds. The third-order valence-corrected chi connectivity index (χ3v) is 3.64. The molecule has 2 aromatic rings. The molecule has 0 aliphatic carbocycles. The number of para-hydroxylation sites is 1. The van der Waals surface area contributed by atoms with E-state index in [-0.39, 0.29) is 24.0 Å². The average molecular weight is 357 g/mol. The van der Waals surface area contributed by atoms with Gasteiger partial charge in [-0.2, -0.15) is 5.10 Å². The van der Waals surface area contributed by atoms with Crippen LogP contribution in [0.2, 0.25) is 0 Å². The van der Waals surface area contributed by atoms with Crippen molar-refractivity contribution in [1.29, 1.82) is 0 Å². The van der Waals surface area contributed by atoms with Crippen LogP contribution in [0.25, 0.3) is 5.69 Å². The molecule has 7 heteroatoms. The number of carbonyl (C=O) groups excluding carboxylic acids is 2. The molecule has 26 heavy (non-hydrogen) atoms. The number of benzene rings is 1. The van der Waals surface area contributed by atoms with Gasteiger partial charge in [0.05, 0.1) is 19.0 Å². The van der Waals surface area contributed by atoms with E-state index in [0.717, 1.165) is 11.3 Å². The Hall–Kier alpha value is -3.09. The molecule has 2 rings (SSSR count). The van der Waals surface area contributed by atoms with Crippen LogP contribution in [-0.4, -0.2) is 53.4 Å². The number of likely N-dealkylation sites (N-methyl/N-ethyl adjacent to an activating group) is 1. The lowest BCUT2D eigenvalue weighted by Crippen LogP contribution is -2.35. The van der Waals surface area contributed by atoms with E-state index in [1.165, 1.54) is 11.8 Å². The summed E-state index contributed by atoms with van der Waals surface area (Å²) in [6.07, 6.45) is 1.59. The molecule has 0 atom stereocenters. The number of methoxy groups -OCH3 is 1. The van der Waals surface area contributed by atoms with Crippen molar-refractivity contribution in [1.82, 2.24) is 14.7 Å². The van der Waals surface area contributed by atoms with Crippen molar-refractivity contribution >= 4 is 11.9 Å². The van der Waals surface area contributed by atoms with Crippen LogP contribution in [0.1, 0.15) is 24.3 Å². The third kappa shape index (κ3) is 4.72. The summed E-state index contributed by atoms with van der Waals surface area (Å²) in [5.74, 6) is -0.720. The largest absolute Gasteiger partial charge is 0.493 e. The van der Waals surface area contributed by atoms with Crippen LogP contribution in [-0.2, 0) is 9.53 Å². The highest BCUT2D eigenvalue weighted by molar-refractivity contribution is 5.92. The fraction of sp³-hybridized carbons (Fsp3) is 0.316. The van der Waals surface area contributed by atoms with Crippen molar-refractivity contribution in [2.45, 2.75) is 13.8 Å². The van der Waals surface area contributed by atoms with Crippen molar-refractivity contribution in [3.8, 4) is 11.4 Å². The first-order valence-corrected chi connectivity index (χ1v) is 8.24. The summed E-state index contributed by atoms with van der Waals surface area (Å²) in [7, 11) is 1.44. The molecule has 0 spiro atoms. The molecule has 0 saturated heterocycles. The number of rotatable bonds is 8. The van der Waals surface area contributed by atoms with Crippen LogP contribution in [0, 0.1) is 0 Å². The Morgan fingerprint density at radius 2 is 1.96 bits per heavy atom. The number of amides is 1. The first-order chi connectivity index (χ1) is 12.5. The Morgan fingerprint density at radius 1 is 1.27 bits per heavy atom. The smallest absolute Gasteiger partial charge is 0.363 e. The second-order valence-electron chi connectivity index (χ2n) is 5.77. The van der Waals surface area contributed by atoms with Gasteiger partial charge in [-0.15, -0.1) is 0 Å². The minimum Gasteiger partial charge on any atom is -0.493 e. The lowest BCUT2D eigenvalue weighted by molar-refractivity contribution is -0.133. The third-order valence-electron chi connectivity index (χ3n) is 3.64. The summed E-state index contributed by atoms with van der Waals surface area (Å²) in [4.78, 5) is 26.1. The van der Waals surface area contributed by atoms with Gasteiger partial charge < -0.3 is 14.4 Å². The zero-order valence-corrected chi connectivity index (χ0v) is 15.3. The van der Waals surface area contributed by atoms with E-state index in [2.05, 4.69) is 11.7 Å². The Morgan fingerprint density at radius 3 is 2.54 bits per heavy atom. The number of hydrogen-bond donors (Lipinski definition) is 0. The predicted molar refractivity (Wildman–Crippen MR) is 97.5 cm³/mol. The van der Waals surface area contributed by atoms with Crippen LogP contribution >= 0.6 is 0 Å². The van der Waals surface area contributed by atoms with E-state index < -0.39 is 5.97 Å². The normalized spacial score (nSPS) is 10.3. The van der Waals surface area contributed by atoms with Gasteiger partial charge >= 0.3 is 5.97 Å². The van der Waals surface area contributed by atoms with Gasteiger partial charge in [0, 0.05) is 13.1 Å². The molecule has 7 nitrogen and oxygen atoms in total. The Bertz CT molecular complexity index is 783. The number of esters is 1. The SMILES string of the molecule is C=C(C)CN(CC)C(=O)COC(=O)c1nn(-c2ccccc2)cc1OC. The summed E-state index contributed by atoms with van der Waals surface area (Å²) in [5.41, 5.74) is 1.65. The molecule has 0 saturated carbocycles. The zero-order valence-electron chi connectivity index (χ0n) is 15.3. The molecular weight excluding hydrogens is 334 g/mol. The average Bonchev–Trinajstić information content (AvgIpc) is 3.09. The number of ether oxygens (including phenoxy) is 2. The van der Waals surface area contributed by atoms with Gasteiger partial charge in [0.2, 0.25) is 5.69 Å². The molecular formula is C19H23N3O4. The van der Waals surface area contributed by atoms with Gasteiger partial charge in [0.1, 0.15) is 0 Å². The van der Waals surface area contributed by atoms with Crippen LogP contribution in [0.3, 0.4) is 0 Å². The highest BCUT2D eigenvalue weighted by Gasteiger charge is 2.22. The molecule has 0 bridgehead atoms. The van der Waals surface area contributed by atoms with Gasteiger partial charge in [-0.3, -0.25) is 4.79 Å². The minimum absolute atomic E-state index is 0.0205. The van der Waals surface area contributed by atoms with E-state index in [9.17, 15) is 9.59 Å². The molecule has 1 aromatic heterocycles. The van der Waals surface area contributed by atoms with E-state index in [1.807, 2.05) is 44.2 Å². The summed E-state index contributed by atoms with van der Waals surface area (Å²) < 4.78 is 11.9. The molecule has 0 aliphatic rings. The van der Waals surface area contributed by atoms with Crippen molar-refractivity contribution in [2.75, 3.05) is 26.8 Å². The van der Waals surface area contributed by atoms with E-state index >= 15 is 0 Å². The zero-order chi connectivity index (χ0) is 19.1. The molecule has 0 fully saturated rings. The Labute approximate surface area is 152 Å². The van der Waals surface area contributed by atoms with E-state index in [0.29, 0.717) is 13.1 Å². The standard InChI is InChI=1S/C19H23N3O4/c1-5-21(11-14(2)3)17(23)13-26-19(24)18-16(25-4)12-22(20-18)15-9-7-6-8-10-15/h6-10,12H,2,5,11,13H2,1,3-4H3.